The number of hydrogen-bond donors (Lipinski definition) is 1. The Morgan fingerprint density at radius 3 is 2.86 bits per heavy atom. The number of nitrogens with zero attached hydrogens (tertiary/aromatic N) is 1. The molecule has 0 saturated heterocycles. The van der Waals surface area contributed by atoms with Gasteiger partial charge in [-0.3, -0.25) is 10.1 Å². The Kier molecular flexibility index (Phi) is 3.78. The largest absolute Gasteiger partial charge is 0.298 e. The van der Waals surface area contributed by atoms with Crippen LogP contribution >= 0.6 is 27.3 Å². The number of benzene rings is 2. The van der Waals surface area contributed by atoms with Crippen LogP contribution in [0, 0.1) is 13.8 Å². The fourth-order valence-electron chi connectivity index (χ4n) is 2.07. The average Bonchev–Trinajstić information content (AvgIpc) is 2.83. The molecular weight excluding hydrogens is 348 g/mol. The zero-order chi connectivity index (χ0) is 15.0. The Morgan fingerprint density at radius 2 is 2.05 bits per heavy atom. The number of fused-ring (bicyclic) bond motifs is 1. The summed E-state index contributed by atoms with van der Waals surface area (Å²) in [4.78, 5) is 16.8. The maximum atomic E-state index is 12.4. The minimum Gasteiger partial charge on any atom is -0.298 e. The third kappa shape index (κ3) is 2.84. The highest BCUT2D eigenvalue weighted by Crippen LogP contribution is 2.28. The van der Waals surface area contributed by atoms with Crippen LogP contribution in [0.15, 0.2) is 40.9 Å². The molecule has 0 bridgehead atoms. The van der Waals surface area contributed by atoms with Crippen molar-refractivity contribution in [3.8, 4) is 0 Å². The zero-order valence-electron chi connectivity index (χ0n) is 11.6. The summed E-state index contributed by atoms with van der Waals surface area (Å²) in [6, 6.07) is 11.7. The first kappa shape index (κ1) is 14.2. The lowest BCUT2D eigenvalue weighted by Gasteiger charge is -2.06. The SMILES string of the molecule is Cc1ccc2nc(NC(=O)c3cccc(C)c3Br)sc2c1. The van der Waals surface area contributed by atoms with Gasteiger partial charge in [-0.15, -0.1) is 0 Å². The molecule has 0 fully saturated rings. The quantitative estimate of drug-likeness (QED) is 0.703. The van der Waals surface area contributed by atoms with Gasteiger partial charge in [0.25, 0.3) is 5.91 Å². The standard InChI is InChI=1S/C16H13BrN2OS/c1-9-6-7-12-13(8-9)21-16(18-12)19-15(20)11-5-3-4-10(2)14(11)17/h3-8H,1-2H3,(H,18,19,20). The van der Waals surface area contributed by atoms with E-state index in [1.807, 2.05) is 38.1 Å². The fourth-order valence-corrected chi connectivity index (χ4v) is 3.48. The second kappa shape index (κ2) is 5.58. The summed E-state index contributed by atoms with van der Waals surface area (Å²) < 4.78 is 1.90. The van der Waals surface area contributed by atoms with E-state index in [1.54, 1.807) is 6.07 Å². The highest BCUT2D eigenvalue weighted by atomic mass is 79.9. The molecule has 0 spiro atoms. The van der Waals surface area contributed by atoms with Crippen LogP contribution in [0.5, 0.6) is 0 Å². The minimum atomic E-state index is -0.152. The molecule has 0 aliphatic heterocycles. The monoisotopic (exact) mass is 360 g/mol. The van der Waals surface area contributed by atoms with Crippen molar-refractivity contribution in [3.05, 3.63) is 57.6 Å². The maximum absolute atomic E-state index is 12.4. The predicted octanol–water partition coefficient (Wildman–Crippen LogP) is 4.93. The van der Waals surface area contributed by atoms with Crippen molar-refractivity contribution in [2.24, 2.45) is 0 Å². The van der Waals surface area contributed by atoms with Crippen molar-refractivity contribution in [2.45, 2.75) is 13.8 Å². The lowest BCUT2D eigenvalue weighted by Crippen LogP contribution is -2.12. The van der Waals surface area contributed by atoms with Gasteiger partial charge in [0.05, 0.1) is 15.8 Å². The number of carbonyl (C=O) groups is 1. The highest BCUT2D eigenvalue weighted by Gasteiger charge is 2.13. The Bertz CT molecular complexity index is 841. The molecule has 2 aromatic carbocycles. The Labute approximate surface area is 135 Å². The molecule has 0 aliphatic carbocycles. The summed E-state index contributed by atoms with van der Waals surface area (Å²) in [7, 11) is 0. The summed E-state index contributed by atoms with van der Waals surface area (Å²) in [5, 5.41) is 3.49. The smallest absolute Gasteiger partial charge is 0.258 e. The number of anilines is 1. The summed E-state index contributed by atoms with van der Waals surface area (Å²) in [6.45, 7) is 4.00. The van der Waals surface area contributed by atoms with Crippen LogP contribution in [0.1, 0.15) is 21.5 Å². The first-order chi connectivity index (χ1) is 10.0. The number of carbonyl (C=O) groups excluding carboxylic acids is 1. The van der Waals surface area contributed by atoms with Crippen LogP contribution in [-0.4, -0.2) is 10.9 Å². The number of thiazole rings is 1. The second-order valence-electron chi connectivity index (χ2n) is 4.88. The van der Waals surface area contributed by atoms with Crippen molar-refractivity contribution in [2.75, 3.05) is 5.32 Å². The van der Waals surface area contributed by atoms with Crippen molar-refractivity contribution >= 4 is 48.5 Å². The van der Waals surface area contributed by atoms with Gasteiger partial charge in [-0.2, -0.15) is 0 Å². The molecule has 1 N–H and O–H groups in total. The summed E-state index contributed by atoms with van der Waals surface area (Å²) in [6.07, 6.45) is 0. The number of rotatable bonds is 2. The normalized spacial score (nSPS) is 10.8. The van der Waals surface area contributed by atoms with Crippen molar-refractivity contribution in [1.82, 2.24) is 4.98 Å². The van der Waals surface area contributed by atoms with Crippen LogP contribution in [0.25, 0.3) is 10.2 Å². The van der Waals surface area contributed by atoms with Crippen LogP contribution < -0.4 is 5.32 Å². The zero-order valence-corrected chi connectivity index (χ0v) is 14.0. The van der Waals surface area contributed by atoms with Gasteiger partial charge < -0.3 is 0 Å². The number of hydrogen-bond acceptors (Lipinski definition) is 3. The third-order valence-electron chi connectivity index (χ3n) is 3.20. The first-order valence-corrected chi connectivity index (χ1v) is 8.09. The number of aromatic nitrogens is 1. The minimum absolute atomic E-state index is 0.152. The maximum Gasteiger partial charge on any atom is 0.258 e. The number of nitrogens with one attached hydrogen (secondary N) is 1. The van der Waals surface area contributed by atoms with E-state index in [9.17, 15) is 4.79 Å². The van der Waals surface area contributed by atoms with Gasteiger partial charge in [-0.05, 0) is 59.1 Å². The Balaban J connectivity index is 1.91. The van der Waals surface area contributed by atoms with Crippen molar-refractivity contribution in [3.63, 3.8) is 0 Å². The van der Waals surface area contributed by atoms with E-state index < -0.39 is 0 Å². The van der Waals surface area contributed by atoms with E-state index >= 15 is 0 Å². The third-order valence-corrected chi connectivity index (χ3v) is 5.19. The van der Waals surface area contributed by atoms with Gasteiger partial charge in [0.1, 0.15) is 0 Å². The highest BCUT2D eigenvalue weighted by molar-refractivity contribution is 9.10. The predicted molar refractivity (Wildman–Crippen MR) is 91.2 cm³/mol. The van der Waals surface area contributed by atoms with Crippen LogP contribution in [0.2, 0.25) is 0 Å². The van der Waals surface area contributed by atoms with Crippen LogP contribution in [0.4, 0.5) is 5.13 Å². The van der Waals surface area contributed by atoms with E-state index in [2.05, 4.69) is 32.3 Å². The molecule has 5 heteroatoms. The van der Waals surface area contributed by atoms with Gasteiger partial charge in [-0.25, -0.2) is 4.98 Å². The summed E-state index contributed by atoms with van der Waals surface area (Å²) in [5.41, 5.74) is 3.74. The topological polar surface area (TPSA) is 42.0 Å². The molecule has 3 nitrogen and oxygen atoms in total. The first-order valence-electron chi connectivity index (χ1n) is 6.48. The van der Waals surface area contributed by atoms with Gasteiger partial charge in [0.2, 0.25) is 0 Å². The van der Waals surface area contributed by atoms with E-state index in [0.29, 0.717) is 10.7 Å². The molecule has 0 radical (unpaired) electrons. The van der Waals surface area contributed by atoms with E-state index in [0.717, 1.165) is 20.3 Å². The van der Waals surface area contributed by atoms with Gasteiger partial charge in [-0.1, -0.05) is 29.5 Å². The number of amides is 1. The van der Waals surface area contributed by atoms with Gasteiger partial charge in [0, 0.05) is 4.47 Å². The van der Waals surface area contributed by atoms with Crippen molar-refractivity contribution in [1.29, 1.82) is 0 Å². The molecule has 1 amide bonds. The van der Waals surface area contributed by atoms with E-state index in [1.165, 1.54) is 16.9 Å². The van der Waals surface area contributed by atoms with Gasteiger partial charge >= 0.3 is 0 Å². The summed E-state index contributed by atoms with van der Waals surface area (Å²) in [5.74, 6) is -0.152. The lowest BCUT2D eigenvalue weighted by molar-refractivity contribution is 0.102. The average molecular weight is 361 g/mol. The van der Waals surface area contributed by atoms with Crippen molar-refractivity contribution < 1.29 is 4.79 Å². The van der Waals surface area contributed by atoms with Crippen LogP contribution in [-0.2, 0) is 0 Å². The van der Waals surface area contributed by atoms with E-state index in [4.69, 9.17) is 0 Å². The molecule has 3 rings (SSSR count). The Morgan fingerprint density at radius 1 is 1.24 bits per heavy atom. The second-order valence-corrected chi connectivity index (χ2v) is 6.70. The van der Waals surface area contributed by atoms with Crippen LogP contribution in [0.3, 0.4) is 0 Å². The summed E-state index contributed by atoms with van der Waals surface area (Å²) >= 11 is 4.95. The molecule has 0 aliphatic rings. The molecule has 0 atom stereocenters. The molecule has 3 aromatic rings. The van der Waals surface area contributed by atoms with E-state index in [-0.39, 0.29) is 5.91 Å². The molecule has 106 valence electrons. The number of halogens is 1. The van der Waals surface area contributed by atoms with Gasteiger partial charge in [0.15, 0.2) is 5.13 Å². The molecule has 1 heterocycles. The fraction of sp³-hybridized carbons (Fsp3) is 0.125. The molecule has 21 heavy (non-hydrogen) atoms. The molecular formula is C16H13BrN2OS. The number of aryl methyl sites for hydroxylation is 2. The molecule has 0 unspecified atom stereocenters. The Hall–Kier alpha value is -1.72. The lowest BCUT2D eigenvalue weighted by atomic mass is 10.1. The molecule has 1 aromatic heterocycles. The molecule has 0 saturated carbocycles.